The molecule has 0 aliphatic carbocycles. The van der Waals surface area contributed by atoms with Crippen molar-refractivity contribution in [1.82, 2.24) is 5.48 Å². The van der Waals surface area contributed by atoms with E-state index in [1.165, 1.54) is 0 Å². The number of ether oxygens (including phenoxy) is 1. The first-order chi connectivity index (χ1) is 4.83. The normalized spacial score (nSPS) is 33.0. The summed E-state index contributed by atoms with van der Waals surface area (Å²) in [6, 6.07) is 0.398. The lowest BCUT2D eigenvalue weighted by atomic mass is 10.2. The minimum Gasteiger partial charge on any atom is -0.377 e. The second-order valence-corrected chi connectivity index (χ2v) is 2.63. The van der Waals surface area contributed by atoms with Gasteiger partial charge >= 0.3 is 0 Å². The largest absolute Gasteiger partial charge is 0.377 e. The van der Waals surface area contributed by atoms with Gasteiger partial charge in [0, 0.05) is 0 Å². The van der Waals surface area contributed by atoms with Gasteiger partial charge < -0.3 is 9.57 Å². The second-order valence-electron chi connectivity index (χ2n) is 2.63. The molecule has 0 aromatic heterocycles. The van der Waals surface area contributed by atoms with Gasteiger partial charge in [-0.05, 0) is 20.3 Å². The quantitative estimate of drug-likeness (QED) is 0.593. The van der Waals surface area contributed by atoms with Crippen molar-refractivity contribution in [3.63, 3.8) is 0 Å². The molecule has 1 aliphatic heterocycles. The third kappa shape index (κ3) is 2.25. The van der Waals surface area contributed by atoms with E-state index in [4.69, 9.17) is 9.57 Å². The van der Waals surface area contributed by atoms with Crippen LogP contribution in [0.1, 0.15) is 20.3 Å². The van der Waals surface area contributed by atoms with Gasteiger partial charge in [0.25, 0.3) is 0 Å². The van der Waals surface area contributed by atoms with Gasteiger partial charge in [0.1, 0.15) is 0 Å². The molecular formula is C7H15NO2. The summed E-state index contributed by atoms with van der Waals surface area (Å²) >= 11 is 0. The maximum Gasteiger partial charge on any atom is 0.0654 e. The number of hydrogen-bond donors (Lipinski definition) is 1. The second kappa shape index (κ2) is 3.91. The molecule has 0 aromatic rings. The van der Waals surface area contributed by atoms with Crippen molar-refractivity contribution in [1.29, 1.82) is 0 Å². The van der Waals surface area contributed by atoms with Crippen LogP contribution in [-0.2, 0) is 9.57 Å². The maximum absolute atomic E-state index is 5.32. The molecule has 1 heterocycles. The Hall–Kier alpha value is -0.120. The molecule has 3 heteroatoms. The number of hydrogen-bond acceptors (Lipinski definition) is 3. The van der Waals surface area contributed by atoms with Gasteiger partial charge in [-0.3, -0.25) is 0 Å². The highest BCUT2D eigenvalue weighted by Gasteiger charge is 2.21. The zero-order valence-electron chi connectivity index (χ0n) is 6.59. The molecule has 0 spiro atoms. The SMILES string of the molecule is CCONC1COC(C)C1. The van der Waals surface area contributed by atoms with Crippen LogP contribution in [0.3, 0.4) is 0 Å². The van der Waals surface area contributed by atoms with Crippen LogP contribution < -0.4 is 5.48 Å². The summed E-state index contributed by atoms with van der Waals surface area (Å²) in [4.78, 5) is 5.04. The van der Waals surface area contributed by atoms with Crippen molar-refractivity contribution in [2.45, 2.75) is 32.4 Å². The Morgan fingerprint density at radius 1 is 1.70 bits per heavy atom. The molecule has 10 heavy (non-hydrogen) atoms. The van der Waals surface area contributed by atoms with Crippen molar-refractivity contribution >= 4 is 0 Å². The Morgan fingerprint density at radius 3 is 3.00 bits per heavy atom. The van der Waals surface area contributed by atoms with Crippen LogP contribution in [0.2, 0.25) is 0 Å². The van der Waals surface area contributed by atoms with E-state index in [1.807, 2.05) is 6.92 Å². The van der Waals surface area contributed by atoms with E-state index in [1.54, 1.807) is 0 Å². The van der Waals surface area contributed by atoms with Crippen molar-refractivity contribution in [3.05, 3.63) is 0 Å². The Balaban J connectivity index is 2.06. The van der Waals surface area contributed by atoms with Gasteiger partial charge in [-0.2, -0.15) is 5.48 Å². The van der Waals surface area contributed by atoms with Gasteiger partial charge in [0.15, 0.2) is 0 Å². The van der Waals surface area contributed by atoms with Crippen LogP contribution in [0.25, 0.3) is 0 Å². The fourth-order valence-electron chi connectivity index (χ4n) is 1.10. The summed E-state index contributed by atoms with van der Waals surface area (Å²) in [6.45, 7) is 5.53. The van der Waals surface area contributed by atoms with E-state index >= 15 is 0 Å². The number of hydroxylamine groups is 1. The van der Waals surface area contributed by atoms with E-state index in [2.05, 4.69) is 12.4 Å². The average Bonchev–Trinajstić information content (AvgIpc) is 2.31. The first kappa shape index (κ1) is 7.98. The zero-order chi connectivity index (χ0) is 7.40. The standard InChI is InChI=1S/C7H15NO2/c1-3-10-8-7-4-6(2)9-5-7/h6-8H,3-5H2,1-2H3. The Labute approximate surface area is 61.7 Å². The summed E-state index contributed by atoms with van der Waals surface area (Å²) in [7, 11) is 0. The monoisotopic (exact) mass is 145 g/mol. The van der Waals surface area contributed by atoms with Crippen molar-refractivity contribution in [3.8, 4) is 0 Å². The van der Waals surface area contributed by atoms with Gasteiger partial charge in [-0.25, -0.2) is 0 Å². The first-order valence-corrected chi connectivity index (χ1v) is 3.82. The molecule has 1 N–H and O–H groups in total. The van der Waals surface area contributed by atoms with E-state index < -0.39 is 0 Å². The Kier molecular flexibility index (Phi) is 3.12. The molecular weight excluding hydrogens is 130 g/mol. The summed E-state index contributed by atoms with van der Waals surface area (Å²) in [6.07, 6.45) is 1.44. The van der Waals surface area contributed by atoms with E-state index in [9.17, 15) is 0 Å². The highest BCUT2D eigenvalue weighted by Crippen LogP contribution is 2.11. The predicted octanol–water partition coefficient (Wildman–Crippen LogP) is 0.705. The molecule has 60 valence electrons. The minimum atomic E-state index is 0.387. The summed E-state index contributed by atoms with van der Waals surface area (Å²) < 4.78 is 5.32. The first-order valence-electron chi connectivity index (χ1n) is 3.82. The van der Waals surface area contributed by atoms with Crippen molar-refractivity contribution < 1.29 is 9.57 Å². The Bertz CT molecular complexity index is 97.6. The van der Waals surface area contributed by atoms with E-state index in [0.29, 0.717) is 18.8 Å². The molecule has 0 saturated carbocycles. The molecule has 1 rings (SSSR count). The Morgan fingerprint density at radius 2 is 2.50 bits per heavy atom. The number of rotatable bonds is 3. The fraction of sp³-hybridized carbons (Fsp3) is 1.00. The van der Waals surface area contributed by atoms with Crippen LogP contribution in [0.5, 0.6) is 0 Å². The van der Waals surface area contributed by atoms with Gasteiger partial charge in [0.05, 0.1) is 25.4 Å². The lowest BCUT2D eigenvalue weighted by molar-refractivity contribution is 0.0205. The molecule has 2 atom stereocenters. The number of nitrogens with one attached hydrogen (secondary N) is 1. The molecule has 0 radical (unpaired) electrons. The molecule has 2 unspecified atom stereocenters. The highest BCUT2D eigenvalue weighted by atomic mass is 16.6. The van der Waals surface area contributed by atoms with Gasteiger partial charge in [-0.1, -0.05) is 0 Å². The molecule has 0 aromatic carbocycles. The molecule has 1 fully saturated rings. The van der Waals surface area contributed by atoms with Crippen LogP contribution in [0.4, 0.5) is 0 Å². The predicted molar refractivity (Wildman–Crippen MR) is 38.6 cm³/mol. The maximum atomic E-state index is 5.32. The molecule has 0 amide bonds. The third-order valence-corrected chi connectivity index (χ3v) is 1.59. The molecule has 0 bridgehead atoms. The van der Waals surface area contributed by atoms with E-state index in [-0.39, 0.29) is 0 Å². The average molecular weight is 145 g/mol. The van der Waals surface area contributed by atoms with Crippen LogP contribution in [0, 0.1) is 0 Å². The van der Waals surface area contributed by atoms with Crippen LogP contribution in [0.15, 0.2) is 0 Å². The summed E-state index contributed by atoms with van der Waals surface area (Å²) in [5.41, 5.74) is 2.94. The van der Waals surface area contributed by atoms with Crippen molar-refractivity contribution in [2.75, 3.05) is 13.2 Å². The van der Waals surface area contributed by atoms with Crippen LogP contribution >= 0.6 is 0 Å². The zero-order valence-corrected chi connectivity index (χ0v) is 6.59. The van der Waals surface area contributed by atoms with E-state index in [0.717, 1.165) is 13.0 Å². The van der Waals surface area contributed by atoms with Crippen molar-refractivity contribution in [2.24, 2.45) is 0 Å². The smallest absolute Gasteiger partial charge is 0.0654 e. The summed E-state index contributed by atoms with van der Waals surface area (Å²) in [5.74, 6) is 0. The molecule has 1 aliphatic rings. The minimum absolute atomic E-state index is 0.387. The van der Waals surface area contributed by atoms with Crippen LogP contribution in [-0.4, -0.2) is 25.4 Å². The highest BCUT2D eigenvalue weighted by molar-refractivity contribution is 4.72. The summed E-state index contributed by atoms with van der Waals surface area (Å²) in [5, 5.41) is 0. The lowest BCUT2D eigenvalue weighted by Crippen LogP contribution is -2.29. The topological polar surface area (TPSA) is 30.5 Å². The third-order valence-electron chi connectivity index (χ3n) is 1.59. The molecule has 3 nitrogen and oxygen atoms in total. The fourth-order valence-corrected chi connectivity index (χ4v) is 1.10. The lowest BCUT2D eigenvalue weighted by Gasteiger charge is -2.08. The molecule has 1 saturated heterocycles. The van der Waals surface area contributed by atoms with Gasteiger partial charge in [-0.15, -0.1) is 0 Å². The van der Waals surface area contributed by atoms with Gasteiger partial charge in [0.2, 0.25) is 0 Å².